The molecule has 2 atom stereocenters. The van der Waals surface area contributed by atoms with Crippen LogP contribution in [0.3, 0.4) is 0 Å². The van der Waals surface area contributed by atoms with Crippen molar-refractivity contribution in [3.63, 3.8) is 0 Å². The van der Waals surface area contributed by atoms with Crippen LogP contribution >= 0.6 is 15.9 Å². The van der Waals surface area contributed by atoms with Gasteiger partial charge in [0.25, 0.3) is 0 Å². The maximum atomic E-state index is 5.34. The number of benzene rings is 1. The molecule has 84 valence electrons. The van der Waals surface area contributed by atoms with Gasteiger partial charge in [-0.25, -0.2) is 0 Å². The molecule has 0 radical (unpaired) electrons. The van der Waals surface area contributed by atoms with Gasteiger partial charge in [0.05, 0.1) is 14.2 Å². The molecule has 2 aliphatic carbocycles. The van der Waals surface area contributed by atoms with Gasteiger partial charge < -0.3 is 9.47 Å². The molecule has 3 rings (SSSR count). The zero-order valence-corrected chi connectivity index (χ0v) is 10.9. The lowest BCUT2D eigenvalue weighted by atomic mass is 9.96. The van der Waals surface area contributed by atoms with Crippen LogP contribution < -0.4 is 9.47 Å². The van der Waals surface area contributed by atoms with Gasteiger partial charge in [-0.2, -0.15) is 0 Å². The molecule has 1 aromatic rings. The van der Waals surface area contributed by atoms with E-state index in [-0.39, 0.29) is 0 Å². The van der Waals surface area contributed by atoms with Crippen molar-refractivity contribution in [2.75, 3.05) is 14.2 Å². The molecule has 0 N–H and O–H groups in total. The lowest BCUT2D eigenvalue weighted by Crippen LogP contribution is -1.99. The number of allylic oxidation sites excluding steroid dienone is 2. The second-order valence-corrected chi connectivity index (χ2v) is 5.20. The van der Waals surface area contributed by atoms with Crippen LogP contribution in [0.4, 0.5) is 0 Å². The molecule has 0 heterocycles. The molecule has 0 aliphatic heterocycles. The summed E-state index contributed by atoms with van der Waals surface area (Å²) in [6, 6.07) is 4.24. The van der Waals surface area contributed by atoms with Gasteiger partial charge in [-0.15, -0.1) is 0 Å². The Morgan fingerprint density at radius 2 is 1.75 bits per heavy atom. The molecule has 2 unspecified atom stereocenters. The number of fused-ring (bicyclic) bond motifs is 5. The van der Waals surface area contributed by atoms with E-state index in [1.807, 2.05) is 0 Å². The summed E-state index contributed by atoms with van der Waals surface area (Å²) < 4.78 is 12.0. The van der Waals surface area contributed by atoms with Gasteiger partial charge in [0, 0.05) is 11.8 Å². The second kappa shape index (κ2) is 3.52. The molecule has 0 spiro atoms. The summed E-state index contributed by atoms with van der Waals surface area (Å²) in [5, 5.41) is 0. The van der Waals surface area contributed by atoms with Crippen LogP contribution in [-0.2, 0) is 0 Å². The monoisotopic (exact) mass is 280 g/mol. The minimum Gasteiger partial charge on any atom is -0.493 e. The molecule has 0 saturated heterocycles. The zero-order chi connectivity index (χ0) is 11.3. The van der Waals surface area contributed by atoms with Crippen molar-refractivity contribution in [1.29, 1.82) is 0 Å². The van der Waals surface area contributed by atoms with E-state index >= 15 is 0 Å². The Bertz CT molecular complexity index is 479. The molecule has 0 saturated carbocycles. The van der Waals surface area contributed by atoms with Crippen molar-refractivity contribution >= 4 is 15.9 Å². The fraction of sp³-hybridized carbons (Fsp3) is 0.385. The Hall–Kier alpha value is -0.960. The largest absolute Gasteiger partial charge is 0.493 e. The lowest BCUT2D eigenvalue weighted by molar-refractivity contribution is 0.354. The Labute approximate surface area is 103 Å². The van der Waals surface area contributed by atoms with Crippen molar-refractivity contribution < 1.29 is 9.47 Å². The predicted molar refractivity (Wildman–Crippen MR) is 66.7 cm³/mol. The fourth-order valence-electron chi connectivity index (χ4n) is 2.77. The normalized spacial score (nSPS) is 25.3. The van der Waals surface area contributed by atoms with Crippen LogP contribution in [0, 0.1) is 0 Å². The minimum atomic E-state index is 0.528. The van der Waals surface area contributed by atoms with Crippen LogP contribution in [0.1, 0.15) is 29.4 Å². The van der Waals surface area contributed by atoms with Crippen molar-refractivity contribution in [1.82, 2.24) is 0 Å². The highest BCUT2D eigenvalue weighted by Crippen LogP contribution is 2.56. The highest BCUT2D eigenvalue weighted by atomic mass is 79.9. The number of rotatable bonds is 2. The highest BCUT2D eigenvalue weighted by Gasteiger charge is 2.38. The molecule has 3 heteroatoms. The van der Waals surface area contributed by atoms with Crippen molar-refractivity contribution in [3.05, 3.63) is 33.8 Å². The summed E-state index contributed by atoms with van der Waals surface area (Å²) in [6.07, 6.45) is 3.49. The van der Waals surface area contributed by atoms with Crippen molar-refractivity contribution in [3.8, 4) is 11.5 Å². The lowest BCUT2D eigenvalue weighted by Gasteiger charge is -2.16. The van der Waals surface area contributed by atoms with Crippen LogP contribution in [0.5, 0.6) is 11.5 Å². The summed E-state index contributed by atoms with van der Waals surface area (Å²) in [7, 11) is 3.37. The maximum absolute atomic E-state index is 5.34. The third-order valence-electron chi connectivity index (χ3n) is 3.55. The molecule has 2 bridgehead atoms. The van der Waals surface area contributed by atoms with E-state index in [0.717, 1.165) is 11.5 Å². The van der Waals surface area contributed by atoms with Gasteiger partial charge in [-0.1, -0.05) is 22.0 Å². The molecule has 0 amide bonds. The zero-order valence-electron chi connectivity index (χ0n) is 9.29. The predicted octanol–water partition coefficient (Wildman–Crippen LogP) is 3.57. The van der Waals surface area contributed by atoms with Gasteiger partial charge in [0.15, 0.2) is 11.5 Å². The topological polar surface area (TPSA) is 18.5 Å². The number of methoxy groups -OCH3 is 2. The minimum absolute atomic E-state index is 0.528. The van der Waals surface area contributed by atoms with Crippen LogP contribution in [0.2, 0.25) is 0 Å². The SMILES string of the molecule is COc1cc2c(cc1OC)C1CC2C=C1Br. The first-order chi connectivity index (χ1) is 7.74. The Kier molecular flexibility index (Phi) is 2.25. The summed E-state index contributed by atoms with van der Waals surface area (Å²) in [5.41, 5.74) is 2.78. The Balaban J connectivity index is 2.14. The number of hydrogen-bond acceptors (Lipinski definition) is 2. The van der Waals surface area contributed by atoms with E-state index in [1.165, 1.54) is 22.0 Å². The number of halogens is 1. The first kappa shape index (κ1) is 10.2. The average Bonchev–Trinajstić information content (AvgIpc) is 2.84. The first-order valence-electron chi connectivity index (χ1n) is 5.37. The summed E-state index contributed by atoms with van der Waals surface area (Å²) >= 11 is 3.64. The molecular formula is C13H13BrO2. The van der Waals surface area contributed by atoms with Crippen LogP contribution in [-0.4, -0.2) is 14.2 Å². The molecule has 2 aliphatic rings. The van der Waals surface area contributed by atoms with Crippen LogP contribution in [0.15, 0.2) is 22.7 Å². The van der Waals surface area contributed by atoms with E-state index in [2.05, 4.69) is 34.1 Å². The standard InChI is InChI=1S/C13H13BrO2/c1-15-12-5-8-7-3-10(11(14)4-7)9(8)6-13(12)16-2/h4-7,10H,3H2,1-2H3. The van der Waals surface area contributed by atoms with Gasteiger partial charge in [-0.3, -0.25) is 0 Å². The third kappa shape index (κ3) is 1.24. The quantitative estimate of drug-likeness (QED) is 0.825. The van der Waals surface area contributed by atoms with Gasteiger partial charge >= 0.3 is 0 Å². The average molecular weight is 281 g/mol. The first-order valence-corrected chi connectivity index (χ1v) is 6.17. The second-order valence-electron chi connectivity index (χ2n) is 4.28. The van der Waals surface area contributed by atoms with Crippen LogP contribution in [0.25, 0.3) is 0 Å². The Morgan fingerprint density at radius 3 is 2.38 bits per heavy atom. The molecule has 0 aromatic heterocycles. The number of ether oxygens (including phenoxy) is 2. The maximum Gasteiger partial charge on any atom is 0.161 e. The van der Waals surface area contributed by atoms with E-state index < -0.39 is 0 Å². The Morgan fingerprint density at radius 1 is 1.12 bits per heavy atom. The number of hydrogen-bond donors (Lipinski definition) is 0. The van der Waals surface area contributed by atoms with Gasteiger partial charge in [0.1, 0.15) is 0 Å². The highest BCUT2D eigenvalue weighted by molar-refractivity contribution is 9.11. The van der Waals surface area contributed by atoms with Crippen molar-refractivity contribution in [2.45, 2.75) is 18.3 Å². The fourth-order valence-corrected chi connectivity index (χ4v) is 3.52. The summed E-state index contributed by atoms with van der Waals surface area (Å²) in [5.74, 6) is 2.74. The third-order valence-corrected chi connectivity index (χ3v) is 4.36. The van der Waals surface area contributed by atoms with Gasteiger partial charge in [0.2, 0.25) is 0 Å². The summed E-state index contributed by atoms with van der Waals surface area (Å²) in [4.78, 5) is 0. The molecular weight excluding hydrogens is 268 g/mol. The van der Waals surface area contributed by atoms with Gasteiger partial charge in [-0.05, 0) is 34.2 Å². The molecule has 1 aromatic carbocycles. The molecule has 2 nitrogen and oxygen atoms in total. The summed E-state index contributed by atoms with van der Waals surface area (Å²) in [6.45, 7) is 0. The van der Waals surface area contributed by atoms with Crippen molar-refractivity contribution in [2.24, 2.45) is 0 Å². The smallest absolute Gasteiger partial charge is 0.161 e. The molecule has 0 fully saturated rings. The van der Waals surface area contributed by atoms with E-state index in [1.54, 1.807) is 14.2 Å². The molecule has 16 heavy (non-hydrogen) atoms. The van der Waals surface area contributed by atoms with E-state index in [9.17, 15) is 0 Å². The van der Waals surface area contributed by atoms with E-state index in [0.29, 0.717) is 11.8 Å². The van der Waals surface area contributed by atoms with E-state index in [4.69, 9.17) is 9.47 Å².